The maximum absolute atomic E-state index is 13.1. The van der Waals surface area contributed by atoms with Gasteiger partial charge < -0.3 is 4.90 Å². The van der Waals surface area contributed by atoms with Crippen LogP contribution < -0.4 is 15.0 Å². The number of fused-ring (bicyclic) bond motifs is 2. The molecular formula is C20H13BrN4O2S. The number of carbonyl (C=O) groups is 1. The van der Waals surface area contributed by atoms with Crippen molar-refractivity contribution < 1.29 is 4.79 Å². The van der Waals surface area contributed by atoms with Gasteiger partial charge in [-0.05, 0) is 25.1 Å². The molecule has 0 atom stereocenters. The van der Waals surface area contributed by atoms with E-state index in [1.807, 2.05) is 55.5 Å². The number of halogens is 1. The summed E-state index contributed by atoms with van der Waals surface area (Å²) in [7, 11) is 0. The van der Waals surface area contributed by atoms with Gasteiger partial charge in [0.2, 0.25) is 4.96 Å². The summed E-state index contributed by atoms with van der Waals surface area (Å²) in [5.41, 5.74) is 2.51. The molecule has 5 rings (SSSR count). The number of hydrogen-bond donors (Lipinski definition) is 0. The van der Waals surface area contributed by atoms with Crippen LogP contribution in [0.5, 0.6) is 0 Å². The summed E-state index contributed by atoms with van der Waals surface area (Å²) in [6.45, 7) is 2.45. The first-order valence-corrected chi connectivity index (χ1v) is 10.3. The molecule has 1 aliphatic rings. The zero-order valence-corrected chi connectivity index (χ0v) is 17.1. The molecule has 0 unspecified atom stereocenters. The van der Waals surface area contributed by atoms with Gasteiger partial charge in [-0.3, -0.25) is 9.59 Å². The molecule has 2 aromatic heterocycles. The fraction of sp³-hybridized carbons (Fsp3) is 0.100. The second kappa shape index (κ2) is 6.35. The highest BCUT2D eigenvalue weighted by atomic mass is 79.9. The van der Waals surface area contributed by atoms with E-state index in [1.54, 1.807) is 4.90 Å². The molecule has 1 amide bonds. The van der Waals surface area contributed by atoms with Crippen molar-refractivity contribution in [3.63, 3.8) is 0 Å². The van der Waals surface area contributed by atoms with Crippen LogP contribution in [0.2, 0.25) is 0 Å². The first kappa shape index (κ1) is 17.3. The van der Waals surface area contributed by atoms with Crippen molar-refractivity contribution >= 4 is 49.4 Å². The van der Waals surface area contributed by atoms with Crippen LogP contribution in [0.15, 0.2) is 57.8 Å². The Morgan fingerprint density at radius 2 is 1.89 bits per heavy atom. The first-order valence-electron chi connectivity index (χ1n) is 8.69. The fourth-order valence-corrected chi connectivity index (χ4v) is 4.79. The van der Waals surface area contributed by atoms with Crippen LogP contribution in [-0.4, -0.2) is 27.0 Å². The number of amides is 1. The van der Waals surface area contributed by atoms with Gasteiger partial charge in [-0.15, -0.1) is 5.10 Å². The van der Waals surface area contributed by atoms with Crippen LogP contribution in [0.3, 0.4) is 0 Å². The first-order chi connectivity index (χ1) is 13.6. The minimum absolute atomic E-state index is 0.166. The number of rotatable bonds is 2. The number of anilines is 1. The van der Waals surface area contributed by atoms with Gasteiger partial charge >= 0.3 is 0 Å². The van der Waals surface area contributed by atoms with Gasteiger partial charge in [-0.25, -0.2) is 0 Å². The van der Waals surface area contributed by atoms with Gasteiger partial charge in [-0.1, -0.05) is 57.6 Å². The maximum Gasteiger partial charge on any atom is 0.291 e. The Bertz CT molecular complexity index is 1360. The van der Waals surface area contributed by atoms with Gasteiger partial charge in [0.15, 0.2) is 5.82 Å². The molecule has 0 saturated carbocycles. The third kappa shape index (κ3) is 2.45. The third-order valence-electron chi connectivity index (χ3n) is 4.71. The van der Waals surface area contributed by atoms with Gasteiger partial charge in [-0.2, -0.15) is 9.50 Å². The lowest BCUT2D eigenvalue weighted by Crippen LogP contribution is -2.32. The van der Waals surface area contributed by atoms with Crippen LogP contribution in [0, 0.1) is 0 Å². The lowest BCUT2D eigenvalue weighted by molar-refractivity contribution is -0.113. The second-order valence-electron chi connectivity index (χ2n) is 6.32. The SMILES string of the molecule is CCN1C(=O)C(=c2sc3nc(-c4ccccc4)nn3c2=O)c2cc(Br)ccc21. The molecule has 3 heterocycles. The summed E-state index contributed by atoms with van der Waals surface area (Å²) in [6.07, 6.45) is 0. The molecule has 138 valence electrons. The molecule has 6 nitrogen and oxygen atoms in total. The minimum Gasteiger partial charge on any atom is -0.308 e. The Hall–Kier alpha value is -2.84. The molecule has 8 heteroatoms. The van der Waals surface area contributed by atoms with E-state index < -0.39 is 0 Å². The van der Waals surface area contributed by atoms with Crippen molar-refractivity contribution in [3.8, 4) is 11.4 Å². The van der Waals surface area contributed by atoms with E-state index in [2.05, 4.69) is 26.0 Å². The van der Waals surface area contributed by atoms with Gasteiger partial charge in [0.25, 0.3) is 11.5 Å². The molecule has 4 aromatic rings. The van der Waals surface area contributed by atoms with Crippen molar-refractivity contribution in [3.05, 3.63) is 73.5 Å². The number of hydrogen-bond acceptors (Lipinski definition) is 5. The Labute approximate surface area is 171 Å². The number of thiazole rings is 1. The summed E-state index contributed by atoms with van der Waals surface area (Å²) in [6, 6.07) is 15.2. The summed E-state index contributed by atoms with van der Waals surface area (Å²) >= 11 is 4.66. The predicted octanol–water partition coefficient (Wildman–Crippen LogP) is 2.86. The van der Waals surface area contributed by atoms with E-state index in [9.17, 15) is 9.59 Å². The highest BCUT2D eigenvalue weighted by molar-refractivity contribution is 9.10. The zero-order valence-electron chi connectivity index (χ0n) is 14.7. The quantitative estimate of drug-likeness (QED) is 0.468. The molecular weight excluding hydrogens is 440 g/mol. The second-order valence-corrected chi connectivity index (χ2v) is 8.21. The lowest BCUT2D eigenvalue weighted by Gasteiger charge is -2.13. The minimum atomic E-state index is -0.318. The number of benzene rings is 2. The molecule has 2 aromatic carbocycles. The average molecular weight is 453 g/mol. The van der Waals surface area contributed by atoms with Crippen molar-refractivity contribution in [1.29, 1.82) is 0 Å². The van der Waals surface area contributed by atoms with Crippen LogP contribution in [-0.2, 0) is 4.79 Å². The van der Waals surface area contributed by atoms with Crippen molar-refractivity contribution in [2.75, 3.05) is 11.4 Å². The Morgan fingerprint density at radius 3 is 2.61 bits per heavy atom. The summed E-state index contributed by atoms with van der Waals surface area (Å²) < 4.78 is 2.51. The maximum atomic E-state index is 13.1. The van der Waals surface area contributed by atoms with Crippen molar-refractivity contribution in [1.82, 2.24) is 14.6 Å². The monoisotopic (exact) mass is 452 g/mol. The number of likely N-dealkylation sites (N-methyl/N-ethyl adjacent to an activating group) is 1. The topological polar surface area (TPSA) is 67.6 Å². The predicted molar refractivity (Wildman–Crippen MR) is 112 cm³/mol. The van der Waals surface area contributed by atoms with E-state index in [1.165, 1.54) is 15.9 Å². The summed E-state index contributed by atoms with van der Waals surface area (Å²) in [5, 5.41) is 4.37. The molecule has 0 spiro atoms. The van der Waals surface area contributed by atoms with E-state index in [0.717, 1.165) is 21.3 Å². The van der Waals surface area contributed by atoms with E-state index in [0.29, 0.717) is 27.4 Å². The van der Waals surface area contributed by atoms with Crippen molar-refractivity contribution in [2.45, 2.75) is 6.92 Å². The molecule has 0 fully saturated rings. The smallest absolute Gasteiger partial charge is 0.291 e. The van der Waals surface area contributed by atoms with Gasteiger partial charge in [0, 0.05) is 22.1 Å². The molecule has 28 heavy (non-hydrogen) atoms. The average Bonchev–Trinajstić information content (AvgIpc) is 3.33. The third-order valence-corrected chi connectivity index (χ3v) is 6.23. The van der Waals surface area contributed by atoms with Gasteiger partial charge in [0.05, 0.1) is 11.3 Å². The van der Waals surface area contributed by atoms with Crippen LogP contribution in [0.25, 0.3) is 21.9 Å². The van der Waals surface area contributed by atoms with E-state index in [-0.39, 0.29) is 11.5 Å². The van der Waals surface area contributed by atoms with E-state index in [4.69, 9.17) is 0 Å². The van der Waals surface area contributed by atoms with Crippen molar-refractivity contribution in [2.24, 2.45) is 0 Å². The molecule has 0 bridgehead atoms. The number of nitrogens with zero attached hydrogens (tertiary/aromatic N) is 4. The van der Waals surface area contributed by atoms with Crippen LogP contribution in [0.4, 0.5) is 5.69 Å². The molecule has 0 radical (unpaired) electrons. The highest BCUT2D eigenvalue weighted by Crippen LogP contribution is 2.37. The van der Waals surface area contributed by atoms with E-state index >= 15 is 0 Å². The standard InChI is InChI=1S/C20H13BrN4O2S/c1-2-24-14-9-8-12(21)10-13(14)15(18(24)26)16-19(27)25-20(28-16)22-17(23-25)11-6-4-3-5-7-11/h3-10H,2H2,1H3. The zero-order chi connectivity index (χ0) is 19.4. The largest absolute Gasteiger partial charge is 0.308 e. The summed E-state index contributed by atoms with van der Waals surface area (Å²) in [5.74, 6) is 0.331. The molecule has 1 aliphatic heterocycles. The van der Waals surface area contributed by atoms with Crippen LogP contribution >= 0.6 is 27.3 Å². The Balaban J connectivity index is 1.78. The number of aromatic nitrogens is 3. The lowest BCUT2D eigenvalue weighted by atomic mass is 10.1. The Morgan fingerprint density at radius 1 is 1.11 bits per heavy atom. The fourth-order valence-electron chi connectivity index (χ4n) is 3.43. The normalized spacial score (nSPS) is 15.5. The Kier molecular flexibility index (Phi) is 3.92. The number of carbonyl (C=O) groups excluding carboxylic acids is 1. The molecule has 0 N–H and O–H groups in total. The summed E-state index contributed by atoms with van der Waals surface area (Å²) in [4.78, 5) is 32.8. The van der Waals surface area contributed by atoms with Crippen LogP contribution in [0.1, 0.15) is 12.5 Å². The molecule has 0 aliphatic carbocycles. The molecule has 0 saturated heterocycles. The highest BCUT2D eigenvalue weighted by Gasteiger charge is 2.33. The van der Waals surface area contributed by atoms with Gasteiger partial charge in [0.1, 0.15) is 4.53 Å².